The number of hydrogen-bond acceptors (Lipinski definition) is 1. The quantitative estimate of drug-likeness (QED) is 0.678. The first-order valence-electron chi connectivity index (χ1n) is 5.38. The van der Waals surface area contributed by atoms with Crippen molar-refractivity contribution in [3.8, 4) is 5.75 Å². The van der Waals surface area contributed by atoms with Crippen molar-refractivity contribution in [3.05, 3.63) is 42.0 Å². The van der Waals surface area contributed by atoms with E-state index in [-0.39, 0.29) is 5.41 Å². The molecule has 0 aliphatic heterocycles. The molecule has 0 atom stereocenters. The second kappa shape index (κ2) is 5.01. The summed E-state index contributed by atoms with van der Waals surface area (Å²) in [6, 6.07) is 8.32. The molecule has 1 rings (SSSR count). The van der Waals surface area contributed by atoms with Crippen LogP contribution in [-0.4, -0.2) is 6.61 Å². The Balaban J connectivity index is 2.64. The molecule has 1 nitrogen and oxygen atoms in total. The molecule has 0 heterocycles. The third-order valence-electron chi connectivity index (χ3n) is 2.30. The highest BCUT2D eigenvalue weighted by Gasteiger charge is 2.12. The first-order valence-corrected chi connectivity index (χ1v) is 5.38. The van der Waals surface area contributed by atoms with E-state index in [2.05, 4.69) is 32.9 Å². The van der Waals surface area contributed by atoms with Crippen LogP contribution in [0.2, 0.25) is 0 Å². The maximum Gasteiger partial charge on any atom is 0.119 e. The van der Waals surface area contributed by atoms with Gasteiger partial charge in [-0.1, -0.05) is 45.1 Å². The van der Waals surface area contributed by atoms with Gasteiger partial charge in [0.15, 0.2) is 0 Å². The first kappa shape index (κ1) is 11.8. The molecule has 1 aromatic rings. The third kappa shape index (κ3) is 3.78. The fourth-order valence-electron chi connectivity index (χ4n) is 1.29. The van der Waals surface area contributed by atoms with Gasteiger partial charge in [0.1, 0.15) is 12.4 Å². The van der Waals surface area contributed by atoms with Gasteiger partial charge in [-0.3, -0.25) is 0 Å². The first-order chi connectivity index (χ1) is 7.04. The van der Waals surface area contributed by atoms with Crippen LogP contribution in [0.25, 0.3) is 0 Å². The van der Waals surface area contributed by atoms with E-state index in [9.17, 15) is 0 Å². The summed E-state index contributed by atoms with van der Waals surface area (Å²) in [6.45, 7) is 9.27. The zero-order chi connectivity index (χ0) is 11.3. The number of benzene rings is 1. The lowest BCUT2D eigenvalue weighted by Crippen LogP contribution is -2.10. The Labute approximate surface area is 92.8 Å². The van der Waals surface area contributed by atoms with E-state index in [0.29, 0.717) is 6.61 Å². The second-order valence-corrected chi connectivity index (χ2v) is 4.65. The Morgan fingerprint density at radius 2 is 1.73 bits per heavy atom. The summed E-state index contributed by atoms with van der Waals surface area (Å²) in [4.78, 5) is 0. The van der Waals surface area contributed by atoms with E-state index in [4.69, 9.17) is 4.74 Å². The molecule has 1 heteroatoms. The maximum atomic E-state index is 5.53. The average molecular weight is 204 g/mol. The van der Waals surface area contributed by atoms with Crippen molar-refractivity contribution in [2.24, 2.45) is 0 Å². The lowest BCUT2D eigenvalue weighted by atomic mass is 9.87. The summed E-state index contributed by atoms with van der Waals surface area (Å²) in [6.07, 6.45) is 3.99. The predicted octanol–water partition coefficient (Wildman–Crippen LogP) is 3.94. The van der Waals surface area contributed by atoms with Crippen molar-refractivity contribution in [1.82, 2.24) is 0 Å². The van der Waals surface area contributed by atoms with E-state index < -0.39 is 0 Å². The zero-order valence-corrected chi connectivity index (χ0v) is 10.1. The van der Waals surface area contributed by atoms with Crippen LogP contribution in [0.3, 0.4) is 0 Å². The molecular weight excluding hydrogens is 184 g/mol. The highest BCUT2D eigenvalue weighted by atomic mass is 16.5. The van der Waals surface area contributed by atoms with Gasteiger partial charge in [0.05, 0.1) is 0 Å². The summed E-state index contributed by atoms with van der Waals surface area (Å²) in [5, 5.41) is 0. The summed E-state index contributed by atoms with van der Waals surface area (Å²) in [5.74, 6) is 0.932. The predicted molar refractivity (Wildman–Crippen MR) is 65.5 cm³/mol. The van der Waals surface area contributed by atoms with E-state index >= 15 is 0 Å². The molecule has 15 heavy (non-hydrogen) atoms. The number of hydrogen-bond donors (Lipinski definition) is 0. The molecular formula is C14H20O. The molecule has 0 radical (unpaired) electrons. The van der Waals surface area contributed by atoms with Crippen molar-refractivity contribution >= 4 is 0 Å². The Morgan fingerprint density at radius 3 is 2.20 bits per heavy atom. The van der Waals surface area contributed by atoms with Gasteiger partial charge in [0.2, 0.25) is 0 Å². The Hall–Kier alpha value is -1.24. The number of allylic oxidation sites excluding steroid dienone is 1. The molecule has 0 fully saturated rings. The van der Waals surface area contributed by atoms with Gasteiger partial charge in [-0.05, 0) is 30.0 Å². The SMILES string of the molecule is CC=CCOc1ccc(C(C)(C)C)cc1. The smallest absolute Gasteiger partial charge is 0.119 e. The molecule has 0 spiro atoms. The minimum absolute atomic E-state index is 0.210. The van der Waals surface area contributed by atoms with Crippen molar-refractivity contribution in [3.63, 3.8) is 0 Å². The zero-order valence-electron chi connectivity index (χ0n) is 10.1. The lowest BCUT2D eigenvalue weighted by molar-refractivity contribution is 0.362. The van der Waals surface area contributed by atoms with Gasteiger partial charge in [0.25, 0.3) is 0 Å². The molecule has 0 saturated heterocycles. The molecule has 0 aromatic heterocycles. The van der Waals surface area contributed by atoms with E-state index in [0.717, 1.165) is 5.75 Å². The molecule has 1 aromatic carbocycles. The fourth-order valence-corrected chi connectivity index (χ4v) is 1.29. The number of rotatable bonds is 3. The molecule has 82 valence electrons. The molecule has 0 unspecified atom stereocenters. The van der Waals surface area contributed by atoms with Crippen LogP contribution in [0.5, 0.6) is 5.75 Å². The van der Waals surface area contributed by atoms with Gasteiger partial charge in [0, 0.05) is 0 Å². The van der Waals surface area contributed by atoms with Crippen molar-refractivity contribution in [2.75, 3.05) is 6.61 Å². The number of ether oxygens (including phenoxy) is 1. The van der Waals surface area contributed by atoms with Crippen LogP contribution >= 0.6 is 0 Å². The highest BCUT2D eigenvalue weighted by Crippen LogP contribution is 2.24. The van der Waals surface area contributed by atoms with Crippen LogP contribution in [0.15, 0.2) is 36.4 Å². The minimum Gasteiger partial charge on any atom is -0.490 e. The standard InChI is InChI=1S/C14H20O/c1-5-6-11-15-13-9-7-12(8-10-13)14(2,3)4/h5-10H,11H2,1-4H3. The summed E-state index contributed by atoms with van der Waals surface area (Å²) in [5.41, 5.74) is 1.54. The third-order valence-corrected chi connectivity index (χ3v) is 2.30. The largest absolute Gasteiger partial charge is 0.490 e. The molecule has 0 N–H and O–H groups in total. The van der Waals surface area contributed by atoms with Gasteiger partial charge in [-0.15, -0.1) is 0 Å². The lowest BCUT2D eigenvalue weighted by Gasteiger charge is -2.19. The van der Waals surface area contributed by atoms with E-state index in [1.54, 1.807) is 0 Å². The molecule has 0 aliphatic rings. The normalized spacial score (nSPS) is 12.0. The van der Waals surface area contributed by atoms with Gasteiger partial charge >= 0.3 is 0 Å². The van der Waals surface area contributed by atoms with Crippen LogP contribution in [0.4, 0.5) is 0 Å². The van der Waals surface area contributed by atoms with Crippen LogP contribution in [0.1, 0.15) is 33.3 Å². The Morgan fingerprint density at radius 1 is 1.13 bits per heavy atom. The van der Waals surface area contributed by atoms with Crippen LogP contribution in [0, 0.1) is 0 Å². The van der Waals surface area contributed by atoms with Crippen LogP contribution in [-0.2, 0) is 5.41 Å². The monoisotopic (exact) mass is 204 g/mol. The van der Waals surface area contributed by atoms with Crippen molar-refractivity contribution in [2.45, 2.75) is 33.1 Å². The van der Waals surface area contributed by atoms with Crippen molar-refractivity contribution in [1.29, 1.82) is 0 Å². The minimum atomic E-state index is 0.210. The maximum absolute atomic E-state index is 5.53. The molecule has 0 aliphatic carbocycles. The summed E-state index contributed by atoms with van der Waals surface area (Å²) < 4.78 is 5.53. The summed E-state index contributed by atoms with van der Waals surface area (Å²) >= 11 is 0. The van der Waals surface area contributed by atoms with Gasteiger partial charge in [-0.2, -0.15) is 0 Å². The Bertz CT molecular complexity index is 314. The van der Waals surface area contributed by atoms with E-state index in [1.807, 2.05) is 31.2 Å². The molecule has 0 amide bonds. The van der Waals surface area contributed by atoms with E-state index in [1.165, 1.54) is 5.56 Å². The fraction of sp³-hybridized carbons (Fsp3) is 0.429. The second-order valence-electron chi connectivity index (χ2n) is 4.65. The Kier molecular flexibility index (Phi) is 3.96. The van der Waals surface area contributed by atoms with Crippen LogP contribution < -0.4 is 4.74 Å². The average Bonchev–Trinajstić information content (AvgIpc) is 2.18. The summed E-state index contributed by atoms with van der Waals surface area (Å²) in [7, 11) is 0. The van der Waals surface area contributed by atoms with Crippen molar-refractivity contribution < 1.29 is 4.74 Å². The topological polar surface area (TPSA) is 9.23 Å². The van der Waals surface area contributed by atoms with Gasteiger partial charge < -0.3 is 4.74 Å². The van der Waals surface area contributed by atoms with Gasteiger partial charge in [-0.25, -0.2) is 0 Å². The molecule has 0 bridgehead atoms. The molecule has 0 saturated carbocycles. The highest BCUT2D eigenvalue weighted by molar-refractivity contribution is 5.31.